The van der Waals surface area contributed by atoms with E-state index in [0.29, 0.717) is 0 Å². The summed E-state index contributed by atoms with van der Waals surface area (Å²) in [7, 11) is -3.33. The van der Waals surface area contributed by atoms with Crippen molar-refractivity contribution in [2.75, 3.05) is 7.04 Å². The van der Waals surface area contributed by atoms with Crippen molar-refractivity contribution in [2.45, 2.75) is 38.9 Å². The minimum Gasteiger partial charge on any atom is -0.454 e. The average molecular weight is 228 g/mol. The molecule has 0 atom stereocenters. The van der Waals surface area contributed by atoms with Crippen molar-refractivity contribution in [3.63, 3.8) is 0 Å². The van der Waals surface area contributed by atoms with E-state index in [2.05, 4.69) is 9.72 Å². The van der Waals surface area contributed by atoms with Gasteiger partial charge in [0.25, 0.3) is 0 Å². The van der Waals surface area contributed by atoms with Gasteiger partial charge in [-0.1, -0.05) is 0 Å². The maximum absolute atomic E-state index is 6.96. The summed E-state index contributed by atoms with van der Waals surface area (Å²) >= 11 is 0. The summed E-state index contributed by atoms with van der Waals surface area (Å²) in [6.07, 6.45) is 1.01. The van der Waals surface area contributed by atoms with E-state index in [1.807, 2.05) is 27.7 Å². The van der Waals surface area contributed by atoms with Gasteiger partial charge in [0.2, 0.25) is 0 Å². The largest absolute Gasteiger partial charge is 0.534 e. The summed E-state index contributed by atoms with van der Waals surface area (Å²) in [5.74, 6) is 0. The molecule has 1 aliphatic rings. The highest BCUT2D eigenvalue weighted by atomic mass is 16.7. The van der Waals surface area contributed by atoms with Crippen LogP contribution in [-0.2, 0) is 9.31 Å². The predicted molar refractivity (Wildman–Crippen MR) is 58.8 cm³/mol. The molecule has 1 aromatic heterocycles. The summed E-state index contributed by atoms with van der Waals surface area (Å²) in [6.45, 7) is 7.62. The minimum absolute atomic E-state index is 0.276. The molecule has 88 valence electrons. The number of aromatic nitrogens is 1. The molecule has 6 heteroatoms. The lowest BCUT2D eigenvalue weighted by Gasteiger charge is -2.32. The van der Waals surface area contributed by atoms with E-state index in [0.717, 1.165) is 0 Å². The Hall–Kier alpha value is -1.01. The normalized spacial score (nSPS) is 26.0. The Balaban J connectivity index is 2.13. The average Bonchev–Trinajstić information content (AvgIpc) is 2.68. The number of rotatable bonds is 2. The van der Waals surface area contributed by atoms with Gasteiger partial charge in [-0.05, 0) is 27.7 Å². The Morgan fingerprint density at radius 1 is 1.31 bits per heavy atom. The number of hydrogen-bond donors (Lipinski definition) is 0. The lowest BCUT2D eigenvalue weighted by Crippen LogP contribution is -2.41. The third-order valence-electron chi connectivity index (χ3n) is 3.08. The number of ether oxygens (including phenoxy) is 1. The molecule has 0 bridgehead atoms. The fraction of sp³-hybridized carbons (Fsp3) is 0.700. The molecule has 0 saturated carbocycles. The maximum Gasteiger partial charge on any atom is 0.534 e. The van der Waals surface area contributed by atoms with E-state index in [1.54, 1.807) is 0 Å². The highest BCUT2D eigenvalue weighted by molar-refractivity contribution is 6.60. The fourth-order valence-corrected chi connectivity index (χ4v) is 1.39. The van der Waals surface area contributed by atoms with Crippen LogP contribution < -0.4 is 10.4 Å². The van der Waals surface area contributed by atoms with Crippen molar-refractivity contribution in [3.8, 4) is 6.08 Å². The zero-order valence-corrected chi connectivity index (χ0v) is 9.73. The predicted octanol–water partition coefficient (Wildman–Crippen LogP) is 0.982. The SMILES string of the molecule is [2H]C([2H])([2H])Oc1ncc(B2OC(C)(C)C(C)(C)O2)o1. The lowest BCUT2D eigenvalue weighted by atomic mass is 9.87. The second-order valence-corrected chi connectivity index (χ2v) is 4.72. The van der Waals surface area contributed by atoms with Crippen LogP contribution in [0.4, 0.5) is 0 Å². The quantitative estimate of drug-likeness (QED) is 0.706. The Labute approximate surface area is 99.4 Å². The molecule has 5 nitrogen and oxygen atoms in total. The molecule has 2 rings (SSSR count). The molecule has 0 aliphatic carbocycles. The first-order valence-corrected chi connectivity index (χ1v) is 5.01. The standard InChI is InChI=1S/C10H16BNO4/c1-9(2)10(3,4)16-11(15-9)7-6-12-8(13-5)14-7/h6H,1-5H3/i5D3. The number of oxazole rings is 1. The molecule has 0 aromatic carbocycles. The third kappa shape index (κ3) is 1.72. The molecule has 1 aromatic rings. The first kappa shape index (κ1) is 8.14. The van der Waals surface area contributed by atoms with Gasteiger partial charge >= 0.3 is 13.2 Å². The molecule has 0 radical (unpaired) electrons. The Bertz CT molecular complexity index is 456. The van der Waals surface area contributed by atoms with Gasteiger partial charge in [0.1, 0.15) is 0 Å². The van der Waals surface area contributed by atoms with E-state index in [-0.39, 0.29) is 11.7 Å². The monoisotopic (exact) mass is 228 g/mol. The van der Waals surface area contributed by atoms with Crippen LogP contribution >= 0.6 is 0 Å². The summed E-state index contributed by atoms with van der Waals surface area (Å²) in [6, 6.07) is 0. The van der Waals surface area contributed by atoms with Crippen LogP contribution in [0.25, 0.3) is 0 Å². The van der Waals surface area contributed by atoms with Crippen LogP contribution in [0, 0.1) is 0 Å². The van der Waals surface area contributed by atoms with Crippen molar-refractivity contribution in [1.29, 1.82) is 0 Å². The molecule has 0 amide bonds. The zero-order chi connectivity index (χ0) is 14.5. The third-order valence-corrected chi connectivity index (χ3v) is 3.08. The molecule has 1 fully saturated rings. The summed E-state index contributed by atoms with van der Waals surface area (Å²) in [4.78, 5) is 3.73. The minimum atomic E-state index is -2.60. The van der Waals surface area contributed by atoms with Crippen LogP contribution in [0.5, 0.6) is 6.08 Å². The Morgan fingerprint density at radius 3 is 2.50 bits per heavy atom. The zero-order valence-electron chi connectivity index (χ0n) is 12.7. The van der Waals surface area contributed by atoms with Crippen molar-refractivity contribution < 1.29 is 22.6 Å². The van der Waals surface area contributed by atoms with Gasteiger partial charge in [-0.3, -0.25) is 0 Å². The number of hydrogen-bond acceptors (Lipinski definition) is 5. The fourth-order valence-electron chi connectivity index (χ4n) is 1.39. The van der Waals surface area contributed by atoms with E-state index in [4.69, 9.17) is 17.8 Å². The molecular weight excluding hydrogens is 209 g/mol. The van der Waals surface area contributed by atoms with Gasteiger partial charge in [0.05, 0.1) is 28.5 Å². The first-order valence-electron chi connectivity index (χ1n) is 6.51. The van der Waals surface area contributed by atoms with E-state index in [1.165, 1.54) is 6.20 Å². The molecular formula is C10H16BNO4. The van der Waals surface area contributed by atoms with Gasteiger partial charge in [-0.25, -0.2) is 0 Å². The van der Waals surface area contributed by atoms with Crippen LogP contribution in [0.2, 0.25) is 0 Å². The summed E-state index contributed by atoms with van der Waals surface area (Å²) < 4.78 is 42.1. The van der Waals surface area contributed by atoms with Crippen molar-refractivity contribution in [1.82, 2.24) is 4.98 Å². The lowest BCUT2D eigenvalue weighted by molar-refractivity contribution is 0.00578. The molecule has 16 heavy (non-hydrogen) atoms. The van der Waals surface area contributed by atoms with E-state index < -0.39 is 25.4 Å². The summed E-state index contributed by atoms with van der Waals surface area (Å²) in [5, 5.41) is 0. The maximum atomic E-state index is 6.96. The van der Waals surface area contributed by atoms with Crippen molar-refractivity contribution in [3.05, 3.63) is 6.20 Å². The van der Waals surface area contributed by atoms with Crippen molar-refractivity contribution in [2.24, 2.45) is 0 Å². The van der Waals surface area contributed by atoms with Crippen LogP contribution in [0.1, 0.15) is 31.8 Å². The molecule has 0 unspecified atom stereocenters. The number of methoxy groups -OCH3 is 1. The second kappa shape index (κ2) is 3.50. The van der Waals surface area contributed by atoms with Gasteiger partial charge in [0.15, 0.2) is 5.66 Å². The van der Waals surface area contributed by atoms with Gasteiger partial charge < -0.3 is 18.5 Å². The highest BCUT2D eigenvalue weighted by Crippen LogP contribution is 2.36. The first-order chi connectivity index (χ1) is 8.50. The smallest absolute Gasteiger partial charge is 0.454 e. The second-order valence-electron chi connectivity index (χ2n) is 4.72. The molecule has 2 heterocycles. The van der Waals surface area contributed by atoms with E-state index >= 15 is 0 Å². The molecule has 0 spiro atoms. The topological polar surface area (TPSA) is 53.7 Å². The van der Waals surface area contributed by atoms with Crippen molar-refractivity contribution >= 4 is 12.8 Å². The van der Waals surface area contributed by atoms with E-state index in [9.17, 15) is 0 Å². The molecule has 1 saturated heterocycles. The van der Waals surface area contributed by atoms with Crippen LogP contribution in [0.3, 0.4) is 0 Å². The van der Waals surface area contributed by atoms with Gasteiger partial charge in [-0.15, -0.1) is 0 Å². The highest BCUT2D eigenvalue weighted by Gasteiger charge is 2.53. The van der Waals surface area contributed by atoms with Gasteiger partial charge in [0, 0.05) is 0 Å². The van der Waals surface area contributed by atoms with Gasteiger partial charge in [-0.2, -0.15) is 4.98 Å². The molecule has 0 N–H and O–H groups in total. The van der Waals surface area contributed by atoms with Crippen LogP contribution in [0.15, 0.2) is 10.6 Å². The molecule has 1 aliphatic heterocycles. The Kier molecular flexibility index (Phi) is 1.78. The van der Waals surface area contributed by atoms with Crippen LogP contribution in [-0.4, -0.2) is 30.3 Å². The Morgan fingerprint density at radius 2 is 1.94 bits per heavy atom. The summed E-state index contributed by atoms with van der Waals surface area (Å²) in [5.41, 5.74) is -0.733. The number of nitrogens with zero attached hydrogens (tertiary/aromatic N) is 1.